The minimum absolute atomic E-state index is 0.154. The van der Waals surface area contributed by atoms with Crippen molar-refractivity contribution in [3.05, 3.63) is 35.4 Å². The number of fused-ring (bicyclic) bond motifs is 1. The van der Waals surface area contributed by atoms with Gasteiger partial charge in [0.05, 0.1) is 5.60 Å². The molecule has 2 aliphatic rings. The summed E-state index contributed by atoms with van der Waals surface area (Å²) in [6.45, 7) is 2.36. The number of hydrogen-bond donors (Lipinski definition) is 3. The van der Waals surface area contributed by atoms with Crippen molar-refractivity contribution in [1.82, 2.24) is 5.32 Å². The van der Waals surface area contributed by atoms with Crippen LogP contribution in [0, 0.1) is 5.41 Å². The highest BCUT2D eigenvalue weighted by molar-refractivity contribution is 5.36. The molecule has 1 aromatic rings. The molecule has 98 valence electrons. The summed E-state index contributed by atoms with van der Waals surface area (Å²) in [4.78, 5) is 0. The Morgan fingerprint density at radius 2 is 1.67 bits per heavy atom. The lowest BCUT2D eigenvalue weighted by Gasteiger charge is -2.47. The van der Waals surface area contributed by atoms with E-state index in [1.807, 2.05) is 0 Å². The molecule has 1 fully saturated rings. The number of rotatable bonds is 2. The highest BCUT2D eigenvalue weighted by Gasteiger charge is 2.52. The van der Waals surface area contributed by atoms with Gasteiger partial charge in [-0.1, -0.05) is 24.3 Å². The van der Waals surface area contributed by atoms with Crippen molar-refractivity contribution in [1.29, 1.82) is 0 Å². The van der Waals surface area contributed by atoms with Crippen LogP contribution >= 0.6 is 0 Å². The molecule has 3 heteroatoms. The fourth-order valence-electron chi connectivity index (χ4n) is 3.73. The van der Waals surface area contributed by atoms with Crippen LogP contribution in [0.1, 0.15) is 24.0 Å². The van der Waals surface area contributed by atoms with Crippen LogP contribution in [0.5, 0.6) is 0 Å². The molecule has 0 spiro atoms. The van der Waals surface area contributed by atoms with E-state index in [9.17, 15) is 5.11 Å². The van der Waals surface area contributed by atoms with E-state index < -0.39 is 5.60 Å². The molecule has 0 saturated carbocycles. The van der Waals surface area contributed by atoms with Crippen LogP contribution in [-0.2, 0) is 12.8 Å². The summed E-state index contributed by atoms with van der Waals surface area (Å²) in [5.74, 6) is 0. The second kappa shape index (κ2) is 4.34. The molecular formula is C15H22N2O. The molecule has 0 bridgehead atoms. The first-order chi connectivity index (χ1) is 8.69. The van der Waals surface area contributed by atoms with Gasteiger partial charge in [-0.2, -0.15) is 0 Å². The van der Waals surface area contributed by atoms with Crippen molar-refractivity contribution in [2.75, 3.05) is 19.6 Å². The Labute approximate surface area is 108 Å². The fourth-order valence-corrected chi connectivity index (χ4v) is 3.73. The topological polar surface area (TPSA) is 58.3 Å². The molecule has 3 rings (SSSR count). The van der Waals surface area contributed by atoms with E-state index in [-0.39, 0.29) is 5.41 Å². The zero-order valence-corrected chi connectivity index (χ0v) is 10.8. The number of piperidine rings is 1. The van der Waals surface area contributed by atoms with Crippen LogP contribution < -0.4 is 11.1 Å². The van der Waals surface area contributed by atoms with Crippen molar-refractivity contribution in [3.8, 4) is 0 Å². The Hall–Kier alpha value is -0.900. The van der Waals surface area contributed by atoms with Gasteiger partial charge >= 0.3 is 0 Å². The van der Waals surface area contributed by atoms with Gasteiger partial charge in [-0.3, -0.25) is 0 Å². The predicted octanol–water partition coefficient (Wildman–Crippen LogP) is 0.845. The average Bonchev–Trinajstić information content (AvgIpc) is 2.80. The Morgan fingerprint density at radius 1 is 1.11 bits per heavy atom. The van der Waals surface area contributed by atoms with Gasteiger partial charge in [0.1, 0.15) is 0 Å². The normalized spacial score (nSPS) is 24.8. The van der Waals surface area contributed by atoms with Crippen molar-refractivity contribution in [2.45, 2.75) is 31.3 Å². The minimum atomic E-state index is -0.605. The molecule has 1 aromatic carbocycles. The lowest BCUT2D eigenvalue weighted by Crippen LogP contribution is -2.58. The van der Waals surface area contributed by atoms with Crippen LogP contribution in [0.15, 0.2) is 24.3 Å². The van der Waals surface area contributed by atoms with E-state index in [4.69, 9.17) is 5.73 Å². The summed E-state index contributed by atoms with van der Waals surface area (Å²) in [6, 6.07) is 8.52. The first-order valence-electron chi connectivity index (χ1n) is 6.89. The number of hydrogen-bond acceptors (Lipinski definition) is 3. The van der Waals surface area contributed by atoms with Gasteiger partial charge in [-0.05, 0) is 49.9 Å². The van der Waals surface area contributed by atoms with Crippen molar-refractivity contribution in [2.24, 2.45) is 11.1 Å². The third kappa shape index (κ3) is 1.69. The summed E-state index contributed by atoms with van der Waals surface area (Å²) in [7, 11) is 0. The lowest BCUT2D eigenvalue weighted by molar-refractivity contribution is -0.0967. The van der Waals surface area contributed by atoms with Gasteiger partial charge in [-0.15, -0.1) is 0 Å². The maximum Gasteiger partial charge on any atom is 0.0746 e. The molecular weight excluding hydrogens is 224 g/mol. The monoisotopic (exact) mass is 246 g/mol. The molecule has 3 nitrogen and oxygen atoms in total. The van der Waals surface area contributed by atoms with Gasteiger partial charge in [0, 0.05) is 12.0 Å². The molecule has 1 aliphatic carbocycles. The summed E-state index contributed by atoms with van der Waals surface area (Å²) in [5, 5.41) is 14.4. The van der Waals surface area contributed by atoms with Crippen LogP contribution in [0.2, 0.25) is 0 Å². The smallest absolute Gasteiger partial charge is 0.0746 e. The second-order valence-corrected chi connectivity index (χ2v) is 5.89. The Bertz CT molecular complexity index is 413. The van der Waals surface area contributed by atoms with Crippen molar-refractivity contribution >= 4 is 0 Å². The van der Waals surface area contributed by atoms with Gasteiger partial charge in [0.2, 0.25) is 0 Å². The predicted molar refractivity (Wildman–Crippen MR) is 72.4 cm³/mol. The van der Waals surface area contributed by atoms with E-state index in [1.54, 1.807) is 0 Å². The van der Waals surface area contributed by atoms with E-state index in [1.165, 1.54) is 11.1 Å². The summed E-state index contributed by atoms with van der Waals surface area (Å²) in [6.07, 6.45) is 3.49. The van der Waals surface area contributed by atoms with Crippen LogP contribution in [0.4, 0.5) is 0 Å². The maximum atomic E-state index is 11.1. The number of nitrogens with two attached hydrogens (primary N) is 1. The third-order valence-corrected chi connectivity index (χ3v) is 4.98. The molecule has 0 amide bonds. The van der Waals surface area contributed by atoms with E-state index in [0.29, 0.717) is 6.54 Å². The standard InChI is InChI=1S/C15H22N2O/c16-11-14(15(18)5-7-17-8-6-15)9-12-3-1-2-4-13(12)10-14/h1-4,17-18H,5-11,16H2. The molecule has 0 unspecified atom stereocenters. The Balaban J connectivity index is 1.94. The Morgan fingerprint density at radius 3 is 2.17 bits per heavy atom. The quantitative estimate of drug-likeness (QED) is 0.725. The first kappa shape index (κ1) is 12.2. The number of benzene rings is 1. The zero-order valence-electron chi connectivity index (χ0n) is 10.8. The molecule has 1 saturated heterocycles. The fraction of sp³-hybridized carbons (Fsp3) is 0.600. The zero-order chi connectivity index (χ0) is 12.6. The highest BCUT2D eigenvalue weighted by Crippen LogP contribution is 2.47. The second-order valence-electron chi connectivity index (χ2n) is 5.89. The third-order valence-electron chi connectivity index (χ3n) is 4.98. The largest absolute Gasteiger partial charge is 0.389 e. The molecule has 0 aromatic heterocycles. The molecule has 0 radical (unpaired) electrons. The first-order valence-corrected chi connectivity index (χ1v) is 6.89. The van der Waals surface area contributed by atoms with Crippen LogP contribution in [0.25, 0.3) is 0 Å². The minimum Gasteiger partial charge on any atom is -0.389 e. The van der Waals surface area contributed by atoms with Gasteiger partial charge in [0.25, 0.3) is 0 Å². The average molecular weight is 246 g/mol. The maximum absolute atomic E-state index is 11.1. The molecule has 1 aliphatic heterocycles. The summed E-state index contributed by atoms with van der Waals surface area (Å²) < 4.78 is 0. The SMILES string of the molecule is NCC1(C2(O)CCNCC2)Cc2ccccc2C1. The van der Waals surface area contributed by atoms with Gasteiger partial charge in [0.15, 0.2) is 0 Å². The van der Waals surface area contributed by atoms with E-state index in [2.05, 4.69) is 29.6 Å². The summed E-state index contributed by atoms with van der Waals surface area (Å²) in [5.41, 5.74) is 8.07. The van der Waals surface area contributed by atoms with E-state index in [0.717, 1.165) is 38.8 Å². The van der Waals surface area contributed by atoms with E-state index >= 15 is 0 Å². The van der Waals surface area contributed by atoms with Crippen molar-refractivity contribution in [3.63, 3.8) is 0 Å². The molecule has 18 heavy (non-hydrogen) atoms. The summed E-state index contributed by atoms with van der Waals surface area (Å²) >= 11 is 0. The van der Waals surface area contributed by atoms with Gasteiger partial charge < -0.3 is 16.2 Å². The van der Waals surface area contributed by atoms with Crippen LogP contribution in [-0.4, -0.2) is 30.3 Å². The van der Waals surface area contributed by atoms with Crippen molar-refractivity contribution < 1.29 is 5.11 Å². The molecule has 4 N–H and O–H groups in total. The highest BCUT2D eigenvalue weighted by atomic mass is 16.3. The lowest BCUT2D eigenvalue weighted by atomic mass is 9.65. The van der Waals surface area contributed by atoms with Gasteiger partial charge in [-0.25, -0.2) is 0 Å². The molecule has 0 atom stereocenters. The molecule has 1 heterocycles. The Kier molecular flexibility index (Phi) is 2.93. The number of aliphatic hydroxyl groups is 1. The number of nitrogens with one attached hydrogen (secondary N) is 1. The van der Waals surface area contributed by atoms with Crippen LogP contribution in [0.3, 0.4) is 0 Å².